The predicted octanol–water partition coefficient (Wildman–Crippen LogP) is 4.74. The van der Waals surface area contributed by atoms with Crippen molar-refractivity contribution >= 4 is 22.9 Å². The summed E-state index contributed by atoms with van der Waals surface area (Å²) in [5.74, 6) is 1.20. The van der Waals surface area contributed by atoms with E-state index in [0.717, 1.165) is 16.5 Å². The Morgan fingerprint density at radius 3 is 2.45 bits per heavy atom. The van der Waals surface area contributed by atoms with E-state index >= 15 is 0 Å². The van der Waals surface area contributed by atoms with Crippen LogP contribution in [0.3, 0.4) is 0 Å². The van der Waals surface area contributed by atoms with Crippen molar-refractivity contribution in [3.63, 3.8) is 0 Å². The van der Waals surface area contributed by atoms with Gasteiger partial charge in [-0.3, -0.25) is 10.4 Å². The SMILES string of the molecule is FC(F)Oc1ccc(C=NNc2nc(-c3ccncc3)nc3ccccc23)cc1. The van der Waals surface area contributed by atoms with E-state index in [1.54, 1.807) is 30.7 Å². The van der Waals surface area contributed by atoms with Gasteiger partial charge in [0.25, 0.3) is 0 Å². The van der Waals surface area contributed by atoms with Crippen molar-refractivity contribution in [2.75, 3.05) is 5.43 Å². The van der Waals surface area contributed by atoms with Crippen molar-refractivity contribution in [3.05, 3.63) is 78.6 Å². The van der Waals surface area contributed by atoms with Crippen LogP contribution in [0.4, 0.5) is 14.6 Å². The number of hydrazone groups is 1. The summed E-state index contributed by atoms with van der Waals surface area (Å²) in [7, 11) is 0. The summed E-state index contributed by atoms with van der Waals surface area (Å²) >= 11 is 0. The zero-order valence-corrected chi connectivity index (χ0v) is 15.0. The minimum atomic E-state index is -2.85. The molecule has 2 aromatic heterocycles. The van der Waals surface area contributed by atoms with Gasteiger partial charge < -0.3 is 4.74 Å². The number of benzene rings is 2. The Morgan fingerprint density at radius 1 is 0.931 bits per heavy atom. The highest BCUT2D eigenvalue weighted by molar-refractivity contribution is 5.91. The van der Waals surface area contributed by atoms with Gasteiger partial charge in [0.15, 0.2) is 11.6 Å². The highest BCUT2D eigenvalue weighted by Gasteiger charge is 2.08. The lowest BCUT2D eigenvalue weighted by Gasteiger charge is -2.08. The van der Waals surface area contributed by atoms with Crippen LogP contribution in [-0.4, -0.2) is 27.8 Å². The first kappa shape index (κ1) is 18.4. The molecule has 2 heterocycles. The summed E-state index contributed by atoms with van der Waals surface area (Å²) in [5.41, 5.74) is 5.28. The zero-order chi connectivity index (χ0) is 20.1. The Balaban J connectivity index is 1.59. The van der Waals surface area contributed by atoms with Gasteiger partial charge in [0.05, 0.1) is 11.7 Å². The number of para-hydroxylation sites is 1. The molecule has 0 aliphatic carbocycles. The first-order chi connectivity index (χ1) is 14.2. The first-order valence-corrected chi connectivity index (χ1v) is 8.70. The number of alkyl halides is 2. The maximum Gasteiger partial charge on any atom is 0.387 e. The number of hydrogen-bond donors (Lipinski definition) is 1. The Bertz CT molecular complexity index is 1130. The van der Waals surface area contributed by atoms with E-state index in [1.165, 1.54) is 12.1 Å². The minimum absolute atomic E-state index is 0.0916. The van der Waals surface area contributed by atoms with Gasteiger partial charge in [-0.05, 0) is 54.1 Å². The largest absolute Gasteiger partial charge is 0.435 e. The van der Waals surface area contributed by atoms with E-state index in [1.807, 2.05) is 36.4 Å². The van der Waals surface area contributed by atoms with Crippen molar-refractivity contribution in [1.29, 1.82) is 0 Å². The Kier molecular flexibility index (Phi) is 5.33. The molecule has 0 saturated heterocycles. The second-order valence-corrected chi connectivity index (χ2v) is 5.97. The van der Waals surface area contributed by atoms with E-state index in [4.69, 9.17) is 0 Å². The maximum atomic E-state index is 12.2. The lowest BCUT2D eigenvalue weighted by Crippen LogP contribution is -2.01. The van der Waals surface area contributed by atoms with Gasteiger partial charge >= 0.3 is 6.61 Å². The Morgan fingerprint density at radius 2 is 1.69 bits per heavy atom. The normalized spacial score (nSPS) is 11.3. The summed E-state index contributed by atoms with van der Waals surface area (Å²) in [6.07, 6.45) is 4.93. The van der Waals surface area contributed by atoms with Crippen LogP contribution in [0.1, 0.15) is 5.56 Å². The number of halogens is 2. The number of hydrogen-bond acceptors (Lipinski definition) is 6. The van der Waals surface area contributed by atoms with Gasteiger partial charge in [0.2, 0.25) is 0 Å². The molecule has 2 aromatic carbocycles. The molecule has 29 heavy (non-hydrogen) atoms. The van der Waals surface area contributed by atoms with Crippen molar-refractivity contribution in [3.8, 4) is 17.1 Å². The second kappa shape index (κ2) is 8.39. The molecular formula is C21H15F2N5O. The summed E-state index contributed by atoms with van der Waals surface area (Å²) in [6, 6.07) is 17.4. The summed E-state index contributed by atoms with van der Waals surface area (Å²) in [6.45, 7) is -2.85. The third kappa shape index (κ3) is 4.49. The third-order valence-electron chi connectivity index (χ3n) is 4.03. The fraction of sp³-hybridized carbons (Fsp3) is 0.0476. The number of fused-ring (bicyclic) bond motifs is 1. The van der Waals surface area contributed by atoms with E-state index < -0.39 is 6.61 Å². The number of anilines is 1. The van der Waals surface area contributed by atoms with Crippen LogP contribution in [0.25, 0.3) is 22.3 Å². The van der Waals surface area contributed by atoms with Crippen LogP contribution in [0.2, 0.25) is 0 Å². The van der Waals surface area contributed by atoms with Crippen LogP contribution in [0.5, 0.6) is 5.75 Å². The average molecular weight is 391 g/mol. The second-order valence-electron chi connectivity index (χ2n) is 5.97. The standard InChI is InChI=1S/C21H15F2N5O/c22-21(23)29-16-7-5-14(6-8-16)13-25-28-20-17-3-1-2-4-18(17)26-19(27-20)15-9-11-24-12-10-15/h1-13,21H,(H,26,27,28). The summed E-state index contributed by atoms with van der Waals surface area (Å²) in [4.78, 5) is 13.2. The fourth-order valence-corrected chi connectivity index (χ4v) is 2.70. The molecule has 0 aliphatic rings. The van der Waals surface area contributed by atoms with Gasteiger partial charge in [-0.15, -0.1) is 0 Å². The molecule has 4 rings (SSSR count). The van der Waals surface area contributed by atoms with E-state index in [0.29, 0.717) is 17.2 Å². The van der Waals surface area contributed by atoms with Crippen LogP contribution in [0, 0.1) is 0 Å². The number of rotatable bonds is 6. The smallest absolute Gasteiger partial charge is 0.387 e. The van der Waals surface area contributed by atoms with Crippen LogP contribution in [-0.2, 0) is 0 Å². The molecule has 0 spiro atoms. The molecule has 144 valence electrons. The molecule has 0 saturated carbocycles. The summed E-state index contributed by atoms with van der Waals surface area (Å²) < 4.78 is 28.8. The molecule has 0 aliphatic heterocycles. The van der Waals surface area contributed by atoms with Crippen LogP contribution < -0.4 is 10.2 Å². The van der Waals surface area contributed by atoms with Crippen LogP contribution in [0.15, 0.2) is 78.2 Å². The highest BCUT2D eigenvalue weighted by Crippen LogP contribution is 2.24. The molecule has 4 aromatic rings. The molecule has 8 heteroatoms. The van der Waals surface area contributed by atoms with E-state index in [9.17, 15) is 8.78 Å². The molecule has 0 unspecified atom stereocenters. The number of nitrogens with zero attached hydrogens (tertiary/aromatic N) is 4. The van der Waals surface area contributed by atoms with E-state index in [2.05, 4.69) is 30.2 Å². The van der Waals surface area contributed by atoms with Gasteiger partial charge in [-0.1, -0.05) is 12.1 Å². The molecule has 0 atom stereocenters. The topological polar surface area (TPSA) is 72.3 Å². The zero-order valence-electron chi connectivity index (χ0n) is 15.0. The van der Waals surface area contributed by atoms with Crippen molar-refractivity contribution in [2.24, 2.45) is 5.10 Å². The molecular weight excluding hydrogens is 376 g/mol. The fourth-order valence-electron chi connectivity index (χ4n) is 2.70. The number of ether oxygens (including phenoxy) is 1. The first-order valence-electron chi connectivity index (χ1n) is 8.70. The van der Waals surface area contributed by atoms with Crippen LogP contribution >= 0.6 is 0 Å². The molecule has 0 fully saturated rings. The molecule has 1 N–H and O–H groups in total. The van der Waals surface area contributed by atoms with Gasteiger partial charge in [0, 0.05) is 23.3 Å². The predicted molar refractivity (Wildman–Crippen MR) is 107 cm³/mol. The number of nitrogens with one attached hydrogen (secondary N) is 1. The number of pyridine rings is 1. The Labute approximate surface area is 164 Å². The van der Waals surface area contributed by atoms with Crippen molar-refractivity contribution in [2.45, 2.75) is 6.61 Å². The highest BCUT2D eigenvalue weighted by atomic mass is 19.3. The number of aromatic nitrogens is 3. The molecule has 0 amide bonds. The van der Waals surface area contributed by atoms with Gasteiger partial charge in [0.1, 0.15) is 5.75 Å². The minimum Gasteiger partial charge on any atom is -0.435 e. The lowest BCUT2D eigenvalue weighted by molar-refractivity contribution is -0.0498. The maximum absolute atomic E-state index is 12.2. The molecule has 0 radical (unpaired) electrons. The molecule has 0 bridgehead atoms. The quantitative estimate of drug-likeness (QED) is 0.380. The lowest BCUT2D eigenvalue weighted by atomic mass is 10.2. The average Bonchev–Trinajstić information content (AvgIpc) is 2.75. The Hall–Kier alpha value is -3.94. The third-order valence-corrected chi connectivity index (χ3v) is 4.03. The van der Waals surface area contributed by atoms with Gasteiger partial charge in [-0.2, -0.15) is 13.9 Å². The monoisotopic (exact) mass is 391 g/mol. The molecule has 6 nitrogen and oxygen atoms in total. The summed E-state index contributed by atoms with van der Waals surface area (Å²) in [5, 5.41) is 5.04. The van der Waals surface area contributed by atoms with E-state index in [-0.39, 0.29) is 5.75 Å². The van der Waals surface area contributed by atoms with Crippen molar-refractivity contribution in [1.82, 2.24) is 15.0 Å². The van der Waals surface area contributed by atoms with Crippen molar-refractivity contribution < 1.29 is 13.5 Å². The van der Waals surface area contributed by atoms with Gasteiger partial charge in [-0.25, -0.2) is 9.97 Å².